The first-order valence-corrected chi connectivity index (χ1v) is 13.3. The Labute approximate surface area is 266 Å². The number of hydrogen-bond acceptors (Lipinski definition) is 9. The third kappa shape index (κ3) is 7.28. The molecular formula is C28H27BrF6N10O. The number of fused-ring (bicyclic) bond motifs is 2. The highest BCUT2D eigenvalue weighted by Gasteiger charge is 2.38. The summed E-state index contributed by atoms with van der Waals surface area (Å²) in [6.45, 7) is 4.31. The number of aryl methyl sites for hydroxylation is 2. The van der Waals surface area contributed by atoms with Gasteiger partial charge in [-0.15, -0.1) is 20.4 Å². The minimum Gasteiger partial charge on any atom is -0.314 e. The summed E-state index contributed by atoms with van der Waals surface area (Å²) in [5.74, 6) is -2.25. The molecule has 0 aliphatic heterocycles. The molecule has 11 nitrogen and oxygen atoms in total. The van der Waals surface area contributed by atoms with Gasteiger partial charge in [0.2, 0.25) is 11.6 Å². The molecule has 0 amide bonds. The van der Waals surface area contributed by atoms with E-state index in [1.807, 2.05) is 0 Å². The van der Waals surface area contributed by atoms with Gasteiger partial charge in [0.05, 0.1) is 41.8 Å². The lowest BCUT2D eigenvalue weighted by Crippen LogP contribution is -2.21. The smallest absolute Gasteiger partial charge is 0.314 e. The van der Waals surface area contributed by atoms with Gasteiger partial charge in [-0.25, -0.2) is 8.78 Å². The van der Waals surface area contributed by atoms with E-state index in [9.17, 15) is 26.3 Å². The Morgan fingerprint density at radius 2 is 1.13 bits per heavy atom. The van der Waals surface area contributed by atoms with Crippen molar-refractivity contribution in [2.75, 3.05) is 6.61 Å². The second-order valence-corrected chi connectivity index (χ2v) is 10.1. The SMILES string of the molecule is C.C.CCOC(F)(F)c1nnc2cnc(-c3cnc(C)c(F)c3)cn12.Cc1ncc(-c2cn3c(C(F)(F)Br)nnc3cn2)cc1F. The third-order valence-electron chi connectivity index (χ3n) is 6.07. The molecule has 0 N–H and O–H groups in total. The zero-order chi connectivity index (χ0) is 31.8. The van der Waals surface area contributed by atoms with Gasteiger partial charge >= 0.3 is 10.9 Å². The molecular weight excluding hydrogens is 686 g/mol. The summed E-state index contributed by atoms with van der Waals surface area (Å²) in [6, 6.07) is 2.48. The van der Waals surface area contributed by atoms with Crippen molar-refractivity contribution in [1.29, 1.82) is 0 Å². The third-order valence-corrected chi connectivity index (χ3v) is 6.42. The molecule has 6 aromatic heterocycles. The number of ether oxygens (including phenoxy) is 1. The summed E-state index contributed by atoms with van der Waals surface area (Å²) in [7, 11) is 0. The molecule has 0 saturated heterocycles. The zero-order valence-corrected chi connectivity index (χ0v) is 24.4. The molecule has 6 aromatic rings. The van der Waals surface area contributed by atoms with Crippen LogP contribution in [0.4, 0.5) is 26.3 Å². The van der Waals surface area contributed by atoms with Gasteiger partial charge in [-0.3, -0.25) is 28.7 Å². The standard InChI is InChI=1S/C14H12F3N5O.C12H7BrF3N5.2CH4/c1-3-23-14(16,17)13-21-20-12-6-19-11(7-22(12)13)9-4-10(15)8(2)18-5-9;1-6-8(14)2-7(3-17-6)9-5-21-10(4-18-9)19-20-11(21)12(13,15)16;;/h4-7H,3H2,1-2H3;2-5H,1H3;2*1H4. The first kappa shape index (κ1) is 35.9. The number of hydrogen-bond donors (Lipinski definition) is 0. The van der Waals surface area contributed by atoms with Crippen LogP contribution in [0.2, 0.25) is 0 Å². The number of alkyl halides is 5. The summed E-state index contributed by atoms with van der Waals surface area (Å²) in [5.41, 5.74) is 2.05. The number of nitrogens with zero attached hydrogens (tertiary/aromatic N) is 10. The molecule has 0 saturated carbocycles. The van der Waals surface area contributed by atoms with E-state index in [0.29, 0.717) is 11.1 Å². The molecule has 244 valence electrons. The Balaban J connectivity index is 0.000000241. The molecule has 0 aromatic carbocycles. The van der Waals surface area contributed by atoms with Gasteiger partial charge in [-0.05, 0) is 48.8 Å². The quantitative estimate of drug-likeness (QED) is 0.132. The Hall–Kier alpha value is -4.58. The Morgan fingerprint density at radius 3 is 1.54 bits per heavy atom. The van der Waals surface area contributed by atoms with Gasteiger partial charge in [-0.1, -0.05) is 14.9 Å². The van der Waals surface area contributed by atoms with E-state index in [4.69, 9.17) is 0 Å². The minimum atomic E-state index is -3.59. The van der Waals surface area contributed by atoms with E-state index in [1.165, 1.54) is 70.1 Å². The maximum atomic E-state index is 13.9. The largest absolute Gasteiger partial charge is 0.418 e. The van der Waals surface area contributed by atoms with E-state index >= 15 is 0 Å². The van der Waals surface area contributed by atoms with E-state index in [-0.39, 0.29) is 55.5 Å². The van der Waals surface area contributed by atoms with Crippen LogP contribution in [0.15, 0.2) is 49.3 Å². The Morgan fingerprint density at radius 1 is 0.696 bits per heavy atom. The van der Waals surface area contributed by atoms with Crippen molar-refractivity contribution in [1.82, 2.24) is 49.1 Å². The number of aromatic nitrogens is 10. The molecule has 0 unspecified atom stereocenters. The van der Waals surface area contributed by atoms with Gasteiger partial charge in [0.25, 0.3) is 0 Å². The summed E-state index contributed by atoms with van der Waals surface area (Å²) < 4.78 is 88.3. The average molecular weight is 713 g/mol. The summed E-state index contributed by atoms with van der Waals surface area (Å²) >= 11 is 2.24. The van der Waals surface area contributed by atoms with E-state index in [0.717, 1.165) is 8.80 Å². The maximum Gasteiger partial charge on any atom is 0.418 e. The van der Waals surface area contributed by atoms with Crippen LogP contribution in [-0.4, -0.2) is 55.7 Å². The molecule has 0 atom stereocenters. The van der Waals surface area contributed by atoms with Gasteiger partial charge < -0.3 is 4.74 Å². The molecule has 46 heavy (non-hydrogen) atoms. The van der Waals surface area contributed by atoms with Crippen molar-refractivity contribution >= 4 is 27.2 Å². The predicted octanol–water partition coefficient (Wildman–Crippen LogP) is 7.07. The van der Waals surface area contributed by atoms with E-state index in [2.05, 4.69) is 61.0 Å². The fourth-order valence-electron chi connectivity index (χ4n) is 3.83. The zero-order valence-electron chi connectivity index (χ0n) is 22.9. The van der Waals surface area contributed by atoms with E-state index in [1.54, 1.807) is 0 Å². The van der Waals surface area contributed by atoms with Crippen LogP contribution in [0, 0.1) is 25.5 Å². The molecule has 0 aliphatic carbocycles. The highest BCUT2D eigenvalue weighted by Crippen LogP contribution is 2.34. The fraction of sp³-hybridized carbons (Fsp3) is 0.286. The molecule has 6 rings (SSSR count). The van der Waals surface area contributed by atoms with Crippen molar-refractivity contribution < 1.29 is 31.1 Å². The van der Waals surface area contributed by atoms with Crippen molar-refractivity contribution in [2.24, 2.45) is 0 Å². The van der Waals surface area contributed by atoms with Crippen LogP contribution in [0.25, 0.3) is 33.8 Å². The molecule has 0 fully saturated rings. The second kappa shape index (κ2) is 13.8. The Bertz CT molecular complexity index is 1980. The van der Waals surface area contributed by atoms with Crippen molar-refractivity contribution in [3.05, 3.63) is 84.0 Å². The Kier molecular flexibility index (Phi) is 10.8. The molecule has 0 spiro atoms. The van der Waals surface area contributed by atoms with Crippen molar-refractivity contribution in [3.8, 4) is 22.5 Å². The van der Waals surface area contributed by atoms with Gasteiger partial charge in [0.1, 0.15) is 11.6 Å². The lowest BCUT2D eigenvalue weighted by Gasteiger charge is -2.13. The van der Waals surface area contributed by atoms with Crippen LogP contribution in [0.5, 0.6) is 0 Å². The first-order valence-electron chi connectivity index (χ1n) is 12.5. The van der Waals surface area contributed by atoms with Gasteiger partial charge in [0, 0.05) is 35.9 Å². The molecule has 0 bridgehead atoms. The second-order valence-electron chi connectivity index (χ2n) is 9.08. The maximum absolute atomic E-state index is 13.9. The highest BCUT2D eigenvalue weighted by atomic mass is 79.9. The van der Waals surface area contributed by atoms with Gasteiger partial charge in [0.15, 0.2) is 11.3 Å². The van der Waals surface area contributed by atoms with Crippen LogP contribution >= 0.6 is 15.9 Å². The molecule has 0 aliphatic rings. The lowest BCUT2D eigenvalue weighted by atomic mass is 10.2. The molecule has 6 heterocycles. The number of pyridine rings is 2. The van der Waals surface area contributed by atoms with E-state index < -0.39 is 34.2 Å². The predicted molar refractivity (Wildman–Crippen MR) is 159 cm³/mol. The lowest BCUT2D eigenvalue weighted by molar-refractivity contribution is -0.251. The minimum absolute atomic E-state index is 0. The van der Waals surface area contributed by atoms with Crippen LogP contribution < -0.4 is 0 Å². The topological polar surface area (TPSA) is 121 Å². The first-order chi connectivity index (χ1) is 20.8. The fourth-order valence-corrected chi connectivity index (χ4v) is 4.10. The summed E-state index contributed by atoms with van der Waals surface area (Å²) in [5, 5.41) is 14.1. The summed E-state index contributed by atoms with van der Waals surface area (Å²) in [6.07, 6.45) is 4.40. The van der Waals surface area contributed by atoms with Crippen molar-refractivity contribution in [2.45, 2.75) is 46.6 Å². The van der Waals surface area contributed by atoms with Crippen LogP contribution in [0.1, 0.15) is 44.8 Å². The molecule has 0 radical (unpaired) electrons. The van der Waals surface area contributed by atoms with Crippen molar-refractivity contribution in [3.63, 3.8) is 0 Å². The van der Waals surface area contributed by atoms with Crippen LogP contribution in [0.3, 0.4) is 0 Å². The van der Waals surface area contributed by atoms with Gasteiger partial charge in [-0.2, -0.15) is 17.6 Å². The normalized spacial score (nSPS) is 11.5. The monoisotopic (exact) mass is 712 g/mol. The summed E-state index contributed by atoms with van der Waals surface area (Å²) in [4.78, 5) is 12.6. The molecule has 18 heteroatoms. The number of halogens is 7. The van der Waals surface area contributed by atoms with Crippen LogP contribution in [-0.2, 0) is 15.7 Å². The average Bonchev–Trinajstić information content (AvgIpc) is 3.60. The highest BCUT2D eigenvalue weighted by molar-refractivity contribution is 9.09. The number of rotatable bonds is 6.